The van der Waals surface area contributed by atoms with Crippen molar-refractivity contribution in [2.75, 3.05) is 32.1 Å². The van der Waals surface area contributed by atoms with E-state index in [9.17, 15) is 19.4 Å². The normalized spacial score (nSPS) is 26.5. The van der Waals surface area contributed by atoms with Crippen molar-refractivity contribution in [3.63, 3.8) is 0 Å². The van der Waals surface area contributed by atoms with Gasteiger partial charge in [0.25, 0.3) is 0 Å². The Balaban J connectivity index is 1.25. The van der Waals surface area contributed by atoms with Gasteiger partial charge in [-0.25, -0.2) is 8.78 Å². The molecule has 2 heterocycles. The molecule has 1 aliphatic heterocycles. The molecule has 1 amide bonds. The van der Waals surface area contributed by atoms with E-state index >= 15 is 4.39 Å². The molecule has 3 N–H and O–H groups in total. The van der Waals surface area contributed by atoms with Gasteiger partial charge in [0, 0.05) is 43.5 Å². The number of alkyl halides is 1. The highest BCUT2D eigenvalue weighted by Gasteiger charge is 2.48. The fourth-order valence-corrected chi connectivity index (χ4v) is 9.45. The maximum Gasteiger partial charge on any atom is 0.318 e. The maximum absolute atomic E-state index is 15.2. The third-order valence-electron chi connectivity index (χ3n) is 12.6. The van der Waals surface area contributed by atoms with Gasteiger partial charge in [-0.1, -0.05) is 31.4 Å². The number of likely N-dealkylation sites (tertiary alicyclic amines) is 1. The molecule has 286 valence electrons. The first-order valence-electron chi connectivity index (χ1n) is 19.2. The average Bonchev–Trinajstić information content (AvgIpc) is 3.76. The molecule has 2 saturated carbocycles. The zero-order valence-corrected chi connectivity index (χ0v) is 31.6. The van der Waals surface area contributed by atoms with Crippen molar-refractivity contribution in [1.82, 2.24) is 19.8 Å². The number of amides is 1. The van der Waals surface area contributed by atoms with Crippen LogP contribution in [0.3, 0.4) is 0 Å². The van der Waals surface area contributed by atoms with Crippen molar-refractivity contribution >= 4 is 34.1 Å². The number of hydrogen-bond acceptors (Lipinski definition) is 8. The quantitative estimate of drug-likeness (QED) is 0.148. The van der Waals surface area contributed by atoms with Gasteiger partial charge in [0.15, 0.2) is 0 Å². The molecule has 0 radical (unpaired) electrons. The molecule has 54 heavy (non-hydrogen) atoms. The first-order chi connectivity index (χ1) is 25.7. The van der Waals surface area contributed by atoms with Crippen LogP contribution < -0.4 is 10.1 Å². The van der Waals surface area contributed by atoms with Crippen molar-refractivity contribution in [1.29, 1.82) is 0 Å². The van der Waals surface area contributed by atoms with Gasteiger partial charge in [-0.3, -0.25) is 9.69 Å². The van der Waals surface area contributed by atoms with Gasteiger partial charge >= 0.3 is 6.01 Å². The monoisotopic (exact) mass is 739 g/mol. The Morgan fingerprint density at radius 3 is 2.63 bits per heavy atom. The number of anilines is 1. The number of likely N-dealkylation sites (N-methyl/N-ethyl adjacent to an activating group) is 1. The molecule has 0 spiro atoms. The fourth-order valence-electron chi connectivity index (χ4n) is 9.45. The number of benzene rings is 2. The number of aromatic hydroxyl groups is 1. The number of phenols is 1. The summed E-state index contributed by atoms with van der Waals surface area (Å²) in [6, 6.07) is 6.38. The van der Waals surface area contributed by atoms with E-state index in [1.807, 2.05) is 27.0 Å². The van der Waals surface area contributed by atoms with Crippen LogP contribution in [-0.2, 0) is 11.2 Å². The summed E-state index contributed by atoms with van der Waals surface area (Å²) in [7, 11) is 1.82. The lowest BCUT2D eigenvalue weighted by molar-refractivity contribution is -0.129. The van der Waals surface area contributed by atoms with Crippen LogP contribution in [0.5, 0.6) is 11.8 Å². The SMILES string of the molecule is C#Cc1c(F)ccc2cc(O)cc(C3=Cc4nc(OC[C@]5(C)C[C@@H](F)CN5C5CCC(C)(O)CC5)nc(NCC5(N(C)C(=O)C=C)CCCC5)c4CC3)c12. The van der Waals surface area contributed by atoms with Crippen LogP contribution in [0, 0.1) is 18.2 Å². The molecule has 3 aromatic rings. The van der Waals surface area contributed by atoms with Gasteiger partial charge in [-0.15, -0.1) is 6.42 Å². The summed E-state index contributed by atoms with van der Waals surface area (Å²) in [6.07, 6.45) is 16.0. The summed E-state index contributed by atoms with van der Waals surface area (Å²) in [5.41, 5.74) is 1.34. The molecule has 2 aromatic carbocycles. The second-order valence-electron chi connectivity index (χ2n) is 16.4. The maximum atomic E-state index is 15.2. The van der Waals surface area contributed by atoms with Crippen molar-refractivity contribution in [3.05, 3.63) is 65.1 Å². The first-order valence-corrected chi connectivity index (χ1v) is 19.2. The van der Waals surface area contributed by atoms with Crippen LogP contribution in [-0.4, -0.2) is 91.5 Å². The predicted molar refractivity (Wildman–Crippen MR) is 207 cm³/mol. The Kier molecular flexibility index (Phi) is 10.2. The highest BCUT2D eigenvalue weighted by atomic mass is 19.1. The fraction of sp³-hybridized carbons (Fsp3) is 0.512. The lowest BCUT2D eigenvalue weighted by atomic mass is 9.82. The predicted octanol–water partition coefficient (Wildman–Crippen LogP) is 7.19. The van der Waals surface area contributed by atoms with E-state index in [0.717, 1.165) is 49.7 Å². The van der Waals surface area contributed by atoms with E-state index in [1.165, 1.54) is 12.1 Å². The number of hydrogen-bond donors (Lipinski definition) is 3. The van der Waals surface area contributed by atoms with E-state index in [0.29, 0.717) is 73.0 Å². The van der Waals surface area contributed by atoms with Gasteiger partial charge in [0.05, 0.1) is 27.9 Å². The van der Waals surface area contributed by atoms with Crippen molar-refractivity contribution in [2.45, 2.75) is 113 Å². The Hall–Kier alpha value is -4.53. The van der Waals surface area contributed by atoms with E-state index in [2.05, 4.69) is 22.7 Å². The minimum Gasteiger partial charge on any atom is -0.508 e. The number of phenolic OH excluding ortho intramolecular Hbond substituents is 1. The molecule has 0 bridgehead atoms. The highest BCUT2D eigenvalue weighted by Crippen LogP contribution is 2.42. The average molecular weight is 740 g/mol. The zero-order valence-electron chi connectivity index (χ0n) is 31.6. The molecule has 9 nitrogen and oxygen atoms in total. The van der Waals surface area contributed by atoms with Crippen molar-refractivity contribution < 1.29 is 28.5 Å². The Labute approximate surface area is 316 Å². The summed E-state index contributed by atoms with van der Waals surface area (Å²) in [4.78, 5) is 26.6. The number of nitrogens with zero attached hydrogens (tertiary/aromatic N) is 4. The summed E-state index contributed by atoms with van der Waals surface area (Å²) in [5, 5.41) is 26.1. The number of ether oxygens (including phenoxy) is 1. The van der Waals surface area contributed by atoms with Gasteiger partial charge < -0.3 is 25.2 Å². The molecule has 7 rings (SSSR count). The molecule has 4 aliphatic rings. The second-order valence-corrected chi connectivity index (χ2v) is 16.4. The topological polar surface area (TPSA) is 111 Å². The molecule has 1 aromatic heterocycles. The van der Waals surface area contributed by atoms with Crippen LogP contribution in [0.15, 0.2) is 36.9 Å². The van der Waals surface area contributed by atoms with Crippen LogP contribution >= 0.6 is 0 Å². The standard InChI is InChI=1S/C43H51F2N5O4/c1-6-32-35(45)13-11-28-20-31(51)22-34(38(28)32)27-10-12-33-36(21-27)47-40(48-39(33)46-25-43(16-8-9-17-43)49(5)37(52)7-2)54-26-41(3)23-29(44)24-50(41)30-14-18-42(4,53)19-15-30/h1,7,11,13,20-22,29-30,51,53H,2,8-10,12,14-19,23-26H2,3-5H3,(H,46,47,48)/t29-,30?,41+,42?/m1/s1. The number of fused-ring (bicyclic) bond motifs is 2. The molecule has 11 heteroatoms. The Morgan fingerprint density at radius 1 is 1.19 bits per heavy atom. The molecule has 0 unspecified atom stereocenters. The molecule has 2 atom stereocenters. The van der Waals surface area contributed by atoms with Crippen molar-refractivity contribution in [3.8, 4) is 24.1 Å². The number of carbonyl (C=O) groups excluding carboxylic acids is 1. The lowest BCUT2D eigenvalue weighted by Crippen LogP contribution is -2.53. The number of nitrogens with one attached hydrogen (secondary N) is 1. The van der Waals surface area contributed by atoms with Crippen LogP contribution in [0.1, 0.15) is 100 Å². The Bertz CT molecular complexity index is 2030. The summed E-state index contributed by atoms with van der Waals surface area (Å²) >= 11 is 0. The van der Waals surface area contributed by atoms with Gasteiger partial charge in [-0.2, -0.15) is 9.97 Å². The van der Waals surface area contributed by atoms with Gasteiger partial charge in [-0.05, 0) is 112 Å². The van der Waals surface area contributed by atoms with Crippen LogP contribution in [0.25, 0.3) is 22.4 Å². The highest BCUT2D eigenvalue weighted by molar-refractivity contribution is 6.02. The minimum atomic E-state index is -0.999. The van der Waals surface area contributed by atoms with Crippen LogP contribution in [0.2, 0.25) is 0 Å². The second kappa shape index (κ2) is 14.6. The molecule has 1 saturated heterocycles. The minimum absolute atomic E-state index is 0.0370. The number of halogens is 2. The molecular weight excluding hydrogens is 688 g/mol. The zero-order chi connectivity index (χ0) is 38.4. The van der Waals surface area contributed by atoms with E-state index in [-0.39, 0.29) is 35.9 Å². The van der Waals surface area contributed by atoms with E-state index in [4.69, 9.17) is 21.1 Å². The largest absolute Gasteiger partial charge is 0.508 e. The van der Waals surface area contributed by atoms with E-state index in [1.54, 1.807) is 23.1 Å². The third kappa shape index (κ3) is 7.18. The first kappa shape index (κ1) is 37.8. The van der Waals surface area contributed by atoms with Crippen LogP contribution in [0.4, 0.5) is 14.6 Å². The number of aliphatic hydroxyl groups is 1. The van der Waals surface area contributed by atoms with Gasteiger partial charge in [0.1, 0.15) is 30.2 Å². The number of terminal acetylenes is 1. The molecule has 3 fully saturated rings. The van der Waals surface area contributed by atoms with Crippen molar-refractivity contribution in [2.24, 2.45) is 0 Å². The lowest BCUT2D eigenvalue weighted by Gasteiger charge is -2.44. The molecule has 3 aliphatic carbocycles. The molecular formula is C43H51F2N5O4. The number of allylic oxidation sites excluding steroid dienone is 1. The summed E-state index contributed by atoms with van der Waals surface area (Å²) < 4.78 is 36.6. The third-order valence-corrected chi connectivity index (χ3v) is 12.6. The number of carbonyl (C=O) groups is 1. The number of rotatable bonds is 10. The summed E-state index contributed by atoms with van der Waals surface area (Å²) in [5.74, 6) is 2.49. The van der Waals surface area contributed by atoms with Gasteiger partial charge in [0.2, 0.25) is 5.91 Å². The van der Waals surface area contributed by atoms with E-state index < -0.39 is 28.7 Å². The summed E-state index contributed by atoms with van der Waals surface area (Å²) in [6.45, 7) is 8.54. The number of aromatic nitrogens is 2. The smallest absolute Gasteiger partial charge is 0.318 e. The Morgan fingerprint density at radius 2 is 1.93 bits per heavy atom.